The molecule has 1 atom stereocenters. The third-order valence-corrected chi connectivity index (χ3v) is 4.31. The van der Waals surface area contributed by atoms with Crippen molar-refractivity contribution in [3.05, 3.63) is 18.2 Å². The lowest BCUT2D eigenvalue weighted by Gasteiger charge is -2.31. The SMILES string of the molecule is CCC(Nc1cc(N)cc(OC(C)C)c1)C1CCCCC1. The number of hydrogen-bond acceptors (Lipinski definition) is 3. The zero-order valence-electron chi connectivity index (χ0n) is 13.7. The van der Waals surface area contributed by atoms with Gasteiger partial charge in [-0.3, -0.25) is 0 Å². The number of anilines is 2. The molecule has 0 heterocycles. The van der Waals surface area contributed by atoms with Gasteiger partial charge in [-0.25, -0.2) is 0 Å². The molecule has 0 amide bonds. The quantitative estimate of drug-likeness (QED) is 0.738. The first-order chi connectivity index (χ1) is 10.1. The summed E-state index contributed by atoms with van der Waals surface area (Å²) in [6, 6.07) is 6.52. The summed E-state index contributed by atoms with van der Waals surface area (Å²) in [6.45, 7) is 6.34. The van der Waals surface area contributed by atoms with E-state index in [1.807, 2.05) is 26.0 Å². The molecule has 3 heteroatoms. The maximum absolute atomic E-state index is 6.01. The van der Waals surface area contributed by atoms with E-state index in [0.29, 0.717) is 6.04 Å². The predicted molar refractivity (Wildman–Crippen MR) is 90.9 cm³/mol. The van der Waals surface area contributed by atoms with Gasteiger partial charge < -0.3 is 15.8 Å². The molecule has 3 nitrogen and oxygen atoms in total. The van der Waals surface area contributed by atoms with Crippen LogP contribution < -0.4 is 15.8 Å². The monoisotopic (exact) mass is 290 g/mol. The lowest BCUT2D eigenvalue weighted by atomic mass is 9.83. The second-order valence-electron chi connectivity index (χ2n) is 6.51. The Balaban J connectivity index is 2.07. The number of hydrogen-bond donors (Lipinski definition) is 2. The van der Waals surface area contributed by atoms with E-state index in [-0.39, 0.29) is 6.10 Å². The Labute approximate surface area is 129 Å². The molecule has 1 aromatic carbocycles. The number of nitrogens with two attached hydrogens (primary N) is 1. The molecule has 3 N–H and O–H groups in total. The van der Waals surface area contributed by atoms with Crippen LogP contribution in [-0.2, 0) is 0 Å². The molecular weight excluding hydrogens is 260 g/mol. The van der Waals surface area contributed by atoms with Crippen LogP contribution in [0.2, 0.25) is 0 Å². The number of ether oxygens (including phenoxy) is 1. The second-order valence-corrected chi connectivity index (χ2v) is 6.51. The highest BCUT2D eigenvalue weighted by Gasteiger charge is 2.22. The van der Waals surface area contributed by atoms with Crippen molar-refractivity contribution < 1.29 is 4.74 Å². The zero-order chi connectivity index (χ0) is 15.2. The Hall–Kier alpha value is -1.38. The van der Waals surface area contributed by atoms with Crippen molar-refractivity contribution in [3.63, 3.8) is 0 Å². The van der Waals surface area contributed by atoms with E-state index in [9.17, 15) is 0 Å². The van der Waals surface area contributed by atoms with Crippen molar-refractivity contribution in [2.24, 2.45) is 5.92 Å². The molecule has 1 aliphatic rings. The van der Waals surface area contributed by atoms with Gasteiger partial charge in [0.15, 0.2) is 0 Å². The summed E-state index contributed by atoms with van der Waals surface area (Å²) in [4.78, 5) is 0. The molecule has 0 bridgehead atoms. The first kappa shape index (κ1) is 16.0. The molecule has 0 radical (unpaired) electrons. The van der Waals surface area contributed by atoms with Gasteiger partial charge in [-0.1, -0.05) is 26.2 Å². The van der Waals surface area contributed by atoms with Gasteiger partial charge in [-0.15, -0.1) is 0 Å². The minimum atomic E-state index is 0.167. The fraction of sp³-hybridized carbons (Fsp3) is 0.667. The van der Waals surface area contributed by atoms with Gasteiger partial charge in [-0.2, -0.15) is 0 Å². The maximum Gasteiger partial charge on any atom is 0.123 e. The van der Waals surface area contributed by atoms with Gasteiger partial charge in [0.05, 0.1) is 6.10 Å². The van der Waals surface area contributed by atoms with Crippen LogP contribution in [0.25, 0.3) is 0 Å². The second kappa shape index (κ2) is 7.58. The van der Waals surface area contributed by atoms with Crippen LogP contribution in [0, 0.1) is 5.92 Å². The van der Waals surface area contributed by atoms with Crippen LogP contribution in [0.1, 0.15) is 59.3 Å². The average molecular weight is 290 g/mol. The standard InChI is InChI=1S/C18H30N2O/c1-4-18(14-8-6-5-7-9-14)20-16-10-15(19)11-17(12-16)21-13(2)3/h10-14,18,20H,4-9,19H2,1-3H3. The van der Waals surface area contributed by atoms with Gasteiger partial charge in [0.25, 0.3) is 0 Å². The van der Waals surface area contributed by atoms with Crippen LogP contribution >= 0.6 is 0 Å². The summed E-state index contributed by atoms with van der Waals surface area (Å²) in [6.07, 6.45) is 8.17. The largest absolute Gasteiger partial charge is 0.491 e. The molecule has 0 saturated heterocycles. The lowest BCUT2D eigenvalue weighted by molar-refractivity contribution is 0.242. The van der Waals surface area contributed by atoms with Crippen LogP contribution in [0.5, 0.6) is 5.75 Å². The third kappa shape index (κ3) is 4.83. The first-order valence-electron chi connectivity index (χ1n) is 8.42. The number of nitrogen functional groups attached to an aromatic ring is 1. The van der Waals surface area contributed by atoms with Crippen LogP contribution in [0.4, 0.5) is 11.4 Å². The van der Waals surface area contributed by atoms with Crippen molar-refractivity contribution in [2.75, 3.05) is 11.1 Å². The van der Waals surface area contributed by atoms with E-state index in [1.54, 1.807) is 0 Å². The maximum atomic E-state index is 6.01. The first-order valence-corrected chi connectivity index (χ1v) is 8.42. The minimum Gasteiger partial charge on any atom is -0.491 e. The average Bonchev–Trinajstić information content (AvgIpc) is 2.44. The smallest absolute Gasteiger partial charge is 0.123 e. The van der Waals surface area contributed by atoms with Crippen LogP contribution in [0.15, 0.2) is 18.2 Å². The molecule has 1 aliphatic carbocycles. The molecule has 2 rings (SSSR count). The lowest BCUT2D eigenvalue weighted by Crippen LogP contribution is -2.30. The summed E-state index contributed by atoms with van der Waals surface area (Å²) < 4.78 is 5.78. The summed E-state index contributed by atoms with van der Waals surface area (Å²) >= 11 is 0. The van der Waals surface area contributed by atoms with Gasteiger partial charge in [0, 0.05) is 29.5 Å². The Bertz CT molecular complexity index is 439. The predicted octanol–water partition coefficient (Wildman–Crippen LogP) is 4.83. The van der Waals surface area contributed by atoms with Crippen molar-refractivity contribution in [1.29, 1.82) is 0 Å². The number of rotatable bonds is 6. The van der Waals surface area contributed by atoms with Gasteiger partial charge in [-0.05, 0) is 45.1 Å². The van der Waals surface area contributed by atoms with Gasteiger partial charge in [0.2, 0.25) is 0 Å². The topological polar surface area (TPSA) is 47.3 Å². The van der Waals surface area contributed by atoms with Crippen molar-refractivity contribution in [3.8, 4) is 5.75 Å². The fourth-order valence-electron chi connectivity index (χ4n) is 3.35. The Kier molecular flexibility index (Phi) is 5.77. The normalized spacial score (nSPS) is 17.7. The van der Waals surface area contributed by atoms with Crippen LogP contribution in [0.3, 0.4) is 0 Å². The molecule has 1 aromatic rings. The molecule has 1 fully saturated rings. The van der Waals surface area contributed by atoms with E-state index in [2.05, 4.69) is 18.3 Å². The zero-order valence-corrected chi connectivity index (χ0v) is 13.7. The molecule has 1 saturated carbocycles. The van der Waals surface area contributed by atoms with E-state index in [0.717, 1.165) is 29.5 Å². The van der Waals surface area contributed by atoms with E-state index in [4.69, 9.17) is 10.5 Å². The summed E-state index contributed by atoms with van der Waals surface area (Å²) in [5.41, 5.74) is 7.86. The Morgan fingerprint density at radius 2 is 1.90 bits per heavy atom. The molecular formula is C18H30N2O. The molecule has 1 unspecified atom stereocenters. The third-order valence-electron chi connectivity index (χ3n) is 4.31. The Morgan fingerprint density at radius 3 is 2.52 bits per heavy atom. The van der Waals surface area contributed by atoms with E-state index in [1.165, 1.54) is 32.1 Å². The van der Waals surface area contributed by atoms with Gasteiger partial charge in [0.1, 0.15) is 5.75 Å². The highest BCUT2D eigenvalue weighted by atomic mass is 16.5. The number of benzene rings is 1. The summed E-state index contributed by atoms with van der Waals surface area (Å²) in [5, 5.41) is 3.69. The van der Waals surface area contributed by atoms with Crippen molar-refractivity contribution in [2.45, 2.75) is 71.4 Å². The Morgan fingerprint density at radius 1 is 1.19 bits per heavy atom. The van der Waals surface area contributed by atoms with Crippen LogP contribution in [-0.4, -0.2) is 12.1 Å². The molecule has 21 heavy (non-hydrogen) atoms. The number of nitrogens with one attached hydrogen (secondary N) is 1. The molecule has 0 aliphatic heterocycles. The van der Waals surface area contributed by atoms with Crippen molar-refractivity contribution >= 4 is 11.4 Å². The highest BCUT2D eigenvalue weighted by molar-refractivity contribution is 5.59. The van der Waals surface area contributed by atoms with E-state index >= 15 is 0 Å². The molecule has 0 aromatic heterocycles. The van der Waals surface area contributed by atoms with Crippen molar-refractivity contribution in [1.82, 2.24) is 0 Å². The fourth-order valence-corrected chi connectivity index (χ4v) is 3.35. The summed E-state index contributed by atoms with van der Waals surface area (Å²) in [7, 11) is 0. The summed E-state index contributed by atoms with van der Waals surface area (Å²) in [5.74, 6) is 1.64. The minimum absolute atomic E-state index is 0.167. The highest BCUT2D eigenvalue weighted by Crippen LogP contribution is 2.31. The molecule has 118 valence electrons. The van der Waals surface area contributed by atoms with Gasteiger partial charge >= 0.3 is 0 Å². The van der Waals surface area contributed by atoms with E-state index < -0.39 is 0 Å². The molecule has 0 spiro atoms.